The van der Waals surface area contributed by atoms with E-state index >= 15 is 0 Å². The van der Waals surface area contributed by atoms with E-state index in [1.54, 1.807) is 58.9 Å². The lowest BCUT2D eigenvalue weighted by molar-refractivity contribution is 0.104. The van der Waals surface area contributed by atoms with Crippen molar-refractivity contribution in [2.75, 3.05) is 39.5 Å². The Morgan fingerprint density at radius 1 is 0.765 bits per heavy atom. The maximum Gasteiger partial charge on any atom is 0.203 e. The predicted molar refractivity (Wildman–Crippen MR) is 136 cm³/mol. The highest BCUT2D eigenvalue weighted by Crippen LogP contribution is 2.38. The van der Waals surface area contributed by atoms with Gasteiger partial charge in [0.1, 0.15) is 5.75 Å². The van der Waals surface area contributed by atoms with Crippen LogP contribution in [0.15, 0.2) is 66.9 Å². The largest absolute Gasteiger partial charge is 0.495 e. The second-order valence-corrected chi connectivity index (χ2v) is 7.22. The molecule has 7 heteroatoms. The summed E-state index contributed by atoms with van der Waals surface area (Å²) in [4.78, 5) is 12.3. The molecule has 176 valence electrons. The van der Waals surface area contributed by atoms with Gasteiger partial charge in [0, 0.05) is 23.5 Å². The molecule has 0 aliphatic carbocycles. The van der Waals surface area contributed by atoms with E-state index in [2.05, 4.69) is 5.32 Å². The van der Waals surface area contributed by atoms with Gasteiger partial charge in [-0.25, -0.2) is 0 Å². The number of carbonyl (C=O) groups excluding carboxylic acids is 1. The van der Waals surface area contributed by atoms with E-state index in [1.165, 1.54) is 6.08 Å². The molecule has 0 saturated carbocycles. The topological polar surface area (TPSA) is 92.0 Å². The molecule has 0 aliphatic heterocycles. The normalized spacial score (nSPS) is 10.9. The molecule has 0 spiro atoms. The van der Waals surface area contributed by atoms with Gasteiger partial charge in [-0.3, -0.25) is 4.79 Å². The van der Waals surface area contributed by atoms with Crippen LogP contribution >= 0.6 is 0 Å². The molecule has 0 bridgehead atoms. The highest BCUT2D eigenvalue weighted by Gasteiger charge is 2.12. The average molecular weight is 461 g/mol. The molecule has 0 aromatic heterocycles. The van der Waals surface area contributed by atoms with Crippen molar-refractivity contribution in [2.45, 2.75) is 0 Å². The maximum atomic E-state index is 12.3. The Morgan fingerprint density at radius 3 is 1.97 bits per heavy atom. The first-order valence-corrected chi connectivity index (χ1v) is 10.5. The number of hydrogen-bond acceptors (Lipinski definition) is 7. The molecule has 0 heterocycles. The van der Waals surface area contributed by atoms with E-state index in [-0.39, 0.29) is 5.78 Å². The smallest absolute Gasteiger partial charge is 0.203 e. The van der Waals surface area contributed by atoms with Crippen LogP contribution in [0.3, 0.4) is 0 Å². The van der Waals surface area contributed by atoms with Gasteiger partial charge in [0.25, 0.3) is 0 Å². The van der Waals surface area contributed by atoms with Gasteiger partial charge < -0.3 is 30.0 Å². The van der Waals surface area contributed by atoms with Crippen LogP contribution in [0.5, 0.6) is 23.0 Å². The van der Waals surface area contributed by atoms with E-state index < -0.39 is 0 Å². The number of rotatable bonds is 10. The molecule has 3 rings (SSSR count). The Balaban J connectivity index is 1.79. The van der Waals surface area contributed by atoms with Crippen molar-refractivity contribution in [1.29, 1.82) is 0 Å². The van der Waals surface area contributed by atoms with Crippen LogP contribution in [-0.2, 0) is 0 Å². The Hall–Kier alpha value is -4.39. The molecule has 3 N–H and O–H groups in total. The molecule has 34 heavy (non-hydrogen) atoms. The third-order valence-electron chi connectivity index (χ3n) is 5.05. The van der Waals surface area contributed by atoms with E-state index in [9.17, 15) is 4.79 Å². The van der Waals surface area contributed by atoms with Crippen LogP contribution in [0.25, 0.3) is 12.2 Å². The van der Waals surface area contributed by atoms with Crippen molar-refractivity contribution in [2.24, 2.45) is 0 Å². The SMILES string of the molecule is COc1ccc(/C=C\c2cc(OC)c(OC)c(OC)c2)cc1N/C=C\C(=O)c1ccc(N)cc1. The summed E-state index contributed by atoms with van der Waals surface area (Å²) in [6.07, 6.45) is 6.94. The van der Waals surface area contributed by atoms with Crippen LogP contribution < -0.4 is 30.0 Å². The average Bonchev–Trinajstić information content (AvgIpc) is 2.87. The number of benzene rings is 3. The zero-order chi connectivity index (χ0) is 24.5. The van der Waals surface area contributed by atoms with Gasteiger partial charge in [0.2, 0.25) is 5.75 Å². The lowest BCUT2D eigenvalue weighted by Crippen LogP contribution is -1.98. The predicted octanol–water partition coefficient (Wildman–Crippen LogP) is 5.28. The maximum absolute atomic E-state index is 12.3. The molecule has 0 amide bonds. The Bertz CT molecular complexity index is 1180. The standard InChI is InChI=1S/C27H28N2O5/c1-31-24-12-7-18(5-6-19-16-25(32-2)27(34-4)26(17-19)33-3)15-22(24)29-14-13-23(30)20-8-10-21(28)11-9-20/h5-17,29H,28H2,1-4H3/b6-5-,14-13-. The van der Waals surface area contributed by atoms with E-state index in [0.717, 1.165) is 16.8 Å². The van der Waals surface area contributed by atoms with Gasteiger partial charge in [-0.2, -0.15) is 0 Å². The van der Waals surface area contributed by atoms with Crippen molar-refractivity contribution in [1.82, 2.24) is 0 Å². The molecule has 3 aromatic carbocycles. The van der Waals surface area contributed by atoms with Crippen molar-refractivity contribution >= 4 is 29.3 Å². The summed E-state index contributed by atoms with van der Waals surface area (Å²) in [6.45, 7) is 0. The molecular formula is C27H28N2O5. The number of allylic oxidation sites excluding steroid dienone is 1. The lowest BCUT2D eigenvalue weighted by Gasteiger charge is -2.13. The number of ether oxygens (including phenoxy) is 4. The van der Waals surface area contributed by atoms with Crippen LogP contribution in [-0.4, -0.2) is 34.2 Å². The minimum absolute atomic E-state index is 0.134. The third-order valence-corrected chi connectivity index (χ3v) is 5.05. The van der Waals surface area contributed by atoms with E-state index in [4.69, 9.17) is 24.7 Å². The minimum atomic E-state index is -0.134. The van der Waals surface area contributed by atoms with Crippen LogP contribution in [0.1, 0.15) is 21.5 Å². The van der Waals surface area contributed by atoms with Crippen LogP contribution in [0, 0.1) is 0 Å². The lowest BCUT2D eigenvalue weighted by atomic mass is 10.1. The summed E-state index contributed by atoms with van der Waals surface area (Å²) < 4.78 is 21.6. The fraction of sp³-hybridized carbons (Fsp3) is 0.148. The summed E-state index contributed by atoms with van der Waals surface area (Å²) in [5.74, 6) is 2.21. The first kappa shape index (κ1) is 24.3. The van der Waals surface area contributed by atoms with Crippen molar-refractivity contribution in [3.8, 4) is 23.0 Å². The molecule has 0 saturated heterocycles. The molecule has 0 atom stereocenters. The van der Waals surface area contributed by atoms with Gasteiger partial charge in [-0.1, -0.05) is 18.2 Å². The first-order chi connectivity index (χ1) is 16.5. The Labute approximate surface area is 199 Å². The number of methoxy groups -OCH3 is 4. The Kier molecular flexibility index (Phi) is 8.18. The molecular weight excluding hydrogens is 432 g/mol. The summed E-state index contributed by atoms with van der Waals surface area (Å²) in [5, 5.41) is 3.12. The van der Waals surface area contributed by atoms with Crippen molar-refractivity contribution < 1.29 is 23.7 Å². The number of nitrogens with one attached hydrogen (secondary N) is 1. The monoisotopic (exact) mass is 460 g/mol. The highest BCUT2D eigenvalue weighted by molar-refractivity contribution is 6.04. The van der Waals surface area contributed by atoms with Crippen molar-refractivity contribution in [3.05, 3.63) is 83.6 Å². The number of anilines is 2. The van der Waals surface area contributed by atoms with Crippen LogP contribution in [0.4, 0.5) is 11.4 Å². The molecule has 0 fully saturated rings. The summed E-state index contributed by atoms with van der Waals surface area (Å²) >= 11 is 0. The highest BCUT2D eigenvalue weighted by atomic mass is 16.5. The molecule has 0 radical (unpaired) electrons. The van der Waals surface area contributed by atoms with Gasteiger partial charge >= 0.3 is 0 Å². The summed E-state index contributed by atoms with van der Waals surface area (Å²) in [7, 11) is 6.32. The van der Waals surface area contributed by atoms with Gasteiger partial charge in [0.15, 0.2) is 17.3 Å². The number of hydrogen-bond donors (Lipinski definition) is 2. The van der Waals surface area contributed by atoms with Gasteiger partial charge in [-0.15, -0.1) is 0 Å². The second kappa shape index (κ2) is 11.5. The van der Waals surface area contributed by atoms with E-state index in [0.29, 0.717) is 34.2 Å². The second-order valence-electron chi connectivity index (χ2n) is 7.22. The molecule has 7 nitrogen and oxygen atoms in total. The zero-order valence-corrected chi connectivity index (χ0v) is 19.6. The van der Waals surface area contributed by atoms with Gasteiger partial charge in [-0.05, 0) is 59.7 Å². The summed E-state index contributed by atoms with van der Waals surface area (Å²) in [5.41, 5.74) is 9.37. The first-order valence-electron chi connectivity index (χ1n) is 10.5. The number of nitrogen functional groups attached to an aromatic ring is 1. The molecule has 0 aliphatic rings. The number of ketones is 1. The van der Waals surface area contributed by atoms with Crippen molar-refractivity contribution in [3.63, 3.8) is 0 Å². The minimum Gasteiger partial charge on any atom is -0.495 e. The zero-order valence-electron chi connectivity index (χ0n) is 19.6. The fourth-order valence-electron chi connectivity index (χ4n) is 3.28. The van der Waals surface area contributed by atoms with Crippen LogP contribution in [0.2, 0.25) is 0 Å². The van der Waals surface area contributed by atoms with Gasteiger partial charge in [0.05, 0.1) is 34.1 Å². The quantitative estimate of drug-likeness (QED) is 0.184. The number of carbonyl (C=O) groups is 1. The molecule has 3 aromatic rings. The fourth-order valence-corrected chi connectivity index (χ4v) is 3.28. The van der Waals surface area contributed by atoms with E-state index in [1.807, 2.05) is 42.5 Å². The summed E-state index contributed by atoms with van der Waals surface area (Å²) in [6, 6.07) is 16.2. The number of nitrogens with two attached hydrogens (primary N) is 1. The molecule has 0 unspecified atom stereocenters. The Morgan fingerprint density at radius 2 is 1.38 bits per heavy atom. The third kappa shape index (κ3) is 5.89.